The van der Waals surface area contributed by atoms with E-state index in [9.17, 15) is 4.79 Å². The van der Waals surface area contributed by atoms with Crippen LogP contribution in [0.5, 0.6) is 0 Å². The van der Waals surface area contributed by atoms with Gasteiger partial charge in [0.05, 0.1) is 16.4 Å². The van der Waals surface area contributed by atoms with Gasteiger partial charge in [0.15, 0.2) is 0 Å². The second-order valence-electron chi connectivity index (χ2n) is 3.75. The summed E-state index contributed by atoms with van der Waals surface area (Å²) in [6.07, 6.45) is 0. The minimum Gasteiger partial charge on any atom is -0.478 e. The normalized spacial score (nSPS) is 10.3. The predicted octanol–water partition coefficient (Wildman–Crippen LogP) is 3.42. The Balaban J connectivity index is 2.11. The van der Waals surface area contributed by atoms with Crippen molar-refractivity contribution in [3.8, 4) is 0 Å². The van der Waals surface area contributed by atoms with Gasteiger partial charge in [0.1, 0.15) is 5.82 Å². The number of nitrogens with one attached hydrogen (secondary N) is 1. The molecule has 0 fully saturated rings. The van der Waals surface area contributed by atoms with Gasteiger partial charge in [0.25, 0.3) is 0 Å². The number of carboxylic acids is 1. The number of aryl methyl sites for hydroxylation is 1. The molecule has 0 saturated carbocycles. The van der Waals surface area contributed by atoms with E-state index < -0.39 is 5.97 Å². The van der Waals surface area contributed by atoms with E-state index in [2.05, 4.69) is 10.3 Å². The smallest absolute Gasteiger partial charge is 0.335 e. The number of hydrogen-bond donors (Lipinski definition) is 2. The summed E-state index contributed by atoms with van der Waals surface area (Å²) >= 11 is 7.31. The highest BCUT2D eigenvalue weighted by Gasteiger charge is 2.06. The molecule has 0 radical (unpaired) electrons. The Bertz CT molecular complexity index is 583. The maximum absolute atomic E-state index is 10.9. The highest BCUT2D eigenvalue weighted by molar-refractivity contribution is 7.16. The van der Waals surface area contributed by atoms with E-state index in [1.54, 1.807) is 6.92 Å². The summed E-state index contributed by atoms with van der Waals surface area (Å²) in [7, 11) is 0. The van der Waals surface area contributed by atoms with Crippen molar-refractivity contribution in [2.24, 2.45) is 0 Å². The number of thiophene rings is 1. The van der Waals surface area contributed by atoms with E-state index in [4.69, 9.17) is 16.7 Å². The molecule has 0 aromatic carbocycles. The lowest BCUT2D eigenvalue weighted by atomic mass is 10.2. The molecule has 0 atom stereocenters. The van der Waals surface area contributed by atoms with Crippen LogP contribution < -0.4 is 5.32 Å². The summed E-state index contributed by atoms with van der Waals surface area (Å²) in [6, 6.07) is 6.81. The molecular weight excluding hydrogens is 272 g/mol. The van der Waals surface area contributed by atoms with Crippen molar-refractivity contribution in [1.29, 1.82) is 0 Å². The highest BCUT2D eigenvalue weighted by atomic mass is 35.5. The Hall–Kier alpha value is -1.59. The number of pyridine rings is 1. The quantitative estimate of drug-likeness (QED) is 0.902. The first-order valence-corrected chi connectivity index (χ1v) is 6.44. The zero-order chi connectivity index (χ0) is 13.1. The van der Waals surface area contributed by atoms with E-state index in [0.717, 1.165) is 9.21 Å². The fraction of sp³-hybridized carbons (Fsp3) is 0.167. The molecule has 94 valence electrons. The molecule has 2 aromatic rings. The summed E-state index contributed by atoms with van der Waals surface area (Å²) in [5.74, 6) is -0.403. The lowest BCUT2D eigenvalue weighted by Crippen LogP contribution is -2.04. The van der Waals surface area contributed by atoms with Gasteiger partial charge in [-0.15, -0.1) is 11.3 Å². The zero-order valence-electron chi connectivity index (χ0n) is 9.61. The van der Waals surface area contributed by atoms with Crippen LogP contribution in [0.4, 0.5) is 5.82 Å². The number of hydrogen-bond acceptors (Lipinski definition) is 4. The van der Waals surface area contributed by atoms with Crippen molar-refractivity contribution < 1.29 is 9.90 Å². The van der Waals surface area contributed by atoms with Crippen LogP contribution in [0.25, 0.3) is 0 Å². The molecule has 0 saturated heterocycles. The van der Waals surface area contributed by atoms with Gasteiger partial charge in [-0.1, -0.05) is 11.6 Å². The first-order chi connectivity index (χ1) is 8.54. The molecule has 2 N–H and O–H groups in total. The fourth-order valence-electron chi connectivity index (χ4n) is 1.51. The van der Waals surface area contributed by atoms with Crippen molar-refractivity contribution in [1.82, 2.24) is 4.98 Å². The van der Waals surface area contributed by atoms with Crippen molar-refractivity contribution in [2.45, 2.75) is 13.5 Å². The third kappa shape index (κ3) is 3.21. The first kappa shape index (κ1) is 12.9. The molecule has 6 heteroatoms. The van der Waals surface area contributed by atoms with Crippen LogP contribution in [0.15, 0.2) is 24.3 Å². The van der Waals surface area contributed by atoms with E-state index in [0.29, 0.717) is 18.1 Å². The second kappa shape index (κ2) is 5.37. The van der Waals surface area contributed by atoms with Crippen molar-refractivity contribution in [3.63, 3.8) is 0 Å². The van der Waals surface area contributed by atoms with E-state index >= 15 is 0 Å². The summed E-state index contributed by atoms with van der Waals surface area (Å²) in [5, 5.41) is 12.0. The zero-order valence-corrected chi connectivity index (χ0v) is 11.2. The summed E-state index contributed by atoms with van der Waals surface area (Å²) in [4.78, 5) is 16.2. The van der Waals surface area contributed by atoms with Gasteiger partial charge in [0.2, 0.25) is 0 Å². The third-order valence-electron chi connectivity index (χ3n) is 2.27. The van der Waals surface area contributed by atoms with Gasteiger partial charge < -0.3 is 10.4 Å². The van der Waals surface area contributed by atoms with E-state index in [1.807, 2.05) is 12.1 Å². The Kier molecular flexibility index (Phi) is 3.84. The van der Waals surface area contributed by atoms with Gasteiger partial charge >= 0.3 is 5.97 Å². The van der Waals surface area contributed by atoms with Gasteiger partial charge in [-0.05, 0) is 31.2 Å². The molecule has 4 nitrogen and oxygen atoms in total. The average Bonchev–Trinajstić information content (AvgIpc) is 2.72. The molecule has 2 aromatic heterocycles. The largest absolute Gasteiger partial charge is 0.478 e. The van der Waals surface area contributed by atoms with Crippen LogP contribution in [0.1, 0.15) is 20.9 Å². The van der Waals surface area contributed by atoms with Gasteiger partial charge in [-0.2, -0.15) is 0 Å². The van der Waals surface area contributed by atoms with Crippen LogP contribution in [0.2, 0.25) is 4.34 Å². The fourth-order valence-corrected chi connectivity index (χ4v) is 2.53. The monoisotopic (exact) mass is 282 g/mol. The molecule has 2 rings (SSSR count). The highest BCUT2D eigenvalue weighted by Crippen LogP contribution is 2.22. The van der Waals surface area contributed by atoms with Crippen LogP contribution in [-0.4, -0.2) is 16.1 Å². The molecule has 0 aliphatic carbocycles. The van der Waals surface area contributed by atoms with Gasteiger partial charge in [-0.25, -0.2) is 9.78 Å². The molecule has 0 amide bonds. The molecule has 0 bridgehead atoms. The first-order valence-electron chi connectivity index (χ1n) is 5.24. The Labute approximate surface area is 113 Å². The van der Waals surface area contributed by atoms with Crippen LogP contribution >= 0.6 is 22.9 Å². The van der Waals surface area contributed by atoms with Crippen molar-refractivity contribution in [3.05, 3.63) is 44.7 Å². The van der Waals surface area contributed by atoms with Gasteiger partial charge in [0, 0.05) is 10.6 Å². The molecule has 0 unspecified atom stereocenters. The standard InChI is InChI=1S/C12H11ClN2O2S/c1-7-4-8(12(16)17)5-11(15-7)14-6-9-2-3-10(13)18-9/h2-5H,6H2,1H3,(H,14,15)(H,16,17). The maximum Gasteiger partial charge on any atom is 0.335 e. The number of anilines is 1. The van der Waals surface area contributed by atoms with Crippen LogP contribution in [0.3, 0.4) is 0 Å². The van der Waals surface area contributed by atoms with Crippen LogP contribution in [0, 0.1) is 6.92 Å². The van der Waals surface area contributed by atoms with E-state index in [1.165, 1.54) is 23.5 Å². The second-order valence-corrected chi connectivity index (χ2v) is 5.55. The molecular formula is C12H11ClN2O2S. The molecule has 2 heterocycles. The number of halogens is 1. The van der Waals surface area contributed by atoms with Crippen molar-refractivity contribution >= 4 is 34.7 Å². The number of carbonyl (C=O) groups is 1. The Morgan fingerprint density at radius 2 is 2.28 bits per heavy atom. The lowest BCUT2D eigenvalue weighted by molar-refractivity contribution is 0.0696. The number of aromatic carboxylic acids is 1. The third-order valence-corrected chi connectivity index (χ3v) is 3.50. The number of aromatic nitrogens is 1. The average molecular weight is 283 g/mol. The molecule has 18 heavy (non-hydrogen) atoms. The number of carboxylic acid groups (broad SMARTS) is 1. The van der Waals surface area contributed by atoms with Crippen molar-refractivity contribution in [2.75, 3.05) is 5.32 Å². The SMILES string of the molecule is Cc1cc(C(=O)O)cc(NCc2ccc(Cl)s2)n1. The molecule has 0 spiro atoms. The van der Waals surface area contributed by atoms with Crippen LogP contribution in [-0.2, 0) is 6.54 Å². The number of nitrogens with zero attached hydrogens (tertiary/aromatic N) is 1. The lowest BCUT2D eigenvalue weighted by Gasteiger charge is -2.06. The maximum atomic E-state index is 10.9. The van der Waals surface area contributed by atoms with Gasteiger partial charge in [-0.3, -0.25) is 0 Å². The molecule has 0 aliphatic rings. The predicted molar refractivity (Wildman–Crippen MR) is 72.6 cm³/mol. The topological polar surface area (TPSA) is 62.2 Å². The summed E-state index contributed by atoms with van der Waals surface area (Å²) < 4.78 is 0.732. The summed E-state index contributed by atoms with van der Waals surface area (Å²) in [5.41, 5.74) is 0.899. The summed E-state index contributed by atoms with van der Waals surface area (Å²) in [6.45, 7) is 2.34. The Morgan fingerprint density at radius 1 is 1.50 bits per heavy atom. The molecule has 0 aliphatic heterocycles. The minimum atomic E-state index is -0.956. The number of rotatable bonds is 4. The Morgan fingerprint density at radius 3 is 2.89 bits per heavy atom. The minimum absolute atomic E-state index is 0.231. The van der Waals surface area contributed by atoms with E-state index in [-0.39, 0.29) is 5.56 Å².